The van der Waals surface area contributed by atoms with Gasteiger partial charge in [-0.1, -0.05) is 12.1 Å². The van der Waals surface area contributed by atoms with Crippen molar-refractivity contribution in [3.8, 4) is 0 Å². The van der Waals surface area contributed by atoms with Crippen LogP contribution in [-0.4, -0.2) is 52.2 Å². The van der Waals surface area contributed by atoms with E-state index in [0.29, 0.717) is 44.1 Å². The maximum atomic E-state index is 13.3. The van der Waals surface area contributed by atoms with Crippen LogP contribution in [0.5, 0.6) is 0 Å². The zero-order valence-electron chi connectivity index (χ0n) is 14.9. The van der Waals surface area contributed by atoms with Crippen molar-refractivity contribution in [1.29, 1.82) is 0 Å². The number of aryl methyl sites for hydroxylation is 1. The molecule has 6 nitrogen and oxygen atoms in total. The van der Waals surface area contributed by atoms with Crippen molar-refractivity contribution in [3.63, 3.8) is 0 Å². The van der Waals surface area contributed by atoms with Crippen molar-refractivity contribution < 1.29 is 17.5 Å². The SMILES string of the molecule is CN=C(NCc1ccc(F)c(C)c1)NCC1(S(C)(=O)=O)CCOCC1. The summed E-state index contributed by atoms with van der Waals surface area (Å²) in [7, 11) is -1.61. The van der Waals surface area contributed by atoms with Crippen LogP contribution in [0.2, 0.25) is 0 Å². The average molecular weight is 371 g/mol. The van der Waals surface area contributed by atoms with Crippen LogP contribution < -0.4 is 10.6 Å². The first-order valence-electron chi connectivity index (χ1n) is 8.24. The van der Waals surface area contributed by atoms with Gasteiger partial charge in [-0.05, 0) is 37.0 Å². The lowest BCUT2D eigenvalue weighted by molar-refractivity contribution is 0.0756. The summed E-state index contributed by atoms with van der Waals surface area (Å²) in [6.45, 7) is 3.34. The minimum Gasteiger partial charge on any atom is -0.381 e. The van der Waals surface area contributed by atoms with E-state index in [1.165, 1.54) is 12.3 Å². The fraction of sp³-hybridized carbons (Fsp3) is 0.588. The summed E-state index contributed by atoms with van der Waals surface area (Å²) in [5.41, 5.74) is 1.51. The highest BCUT2D eigenvalue weighted by Gasteiger charge is 2.42. The van der Waals surface area contributed by atoms with Crippen LogP contribution in [-0.2, 0) is 21.1 Å². The summed E-state index contributed by atoms with van der Waals surface area (Å²) in [6.07, 6.45) is 2.21. The number of hydrogen-bond acceptors (Lipinski definition) is 4. The van der Waals surface area contributed by atoms with E-state index in [1.807, 2.05) is 0 Å². The molecule has 2 rings (SSSR count). The fourth-order valence-corrected chi connectivity index (χ4v) is 4.13. The largest absolute Gasteiger partial charge is 0.381 e. The van der Waals surface area contributed by atoms with Gasteiger partial charge in [-0.3, -0.25) is 4.99 Å². The normalized spacial score (nSPS) is 18.0. The van der Waals surface area contributed by atoms with Crippen molar-refractivity contribution in [3.05, 3.63) is 35.1 Å². The van der Waals surface area contributed by atoms with Crippen molar-refractivity contribution >= 4 is 15.8 Å². The monoisotopic (exact) mass is 371 g/mol. The lowest BCUT2D eigenvalue weighted by Crippen LogP contribution is -2.53. The Hall–Kier alpha value is -1.67. The van der Waals surface area contributed by atoms with E-state index < -0.39 is 14.6 Å². The van der Waals surface area contributed by atoms with Crippen LogP contribution in [0.25, 0.3) is 0 Å². The molecule has 1 aliphatic rings. The maximum Gasteiger partial charge on any atom is 0.191 e. The Morgan fingerprint density at radius 1 is 1.32 bits per heavy atom. The molecule has 1 heterocycles. The molecule has 1 saturated heterocycles. The van der Waals surface area contributed by atoms with E-state index in [2.05, 4.69) is 15.6 Å². The molecule has 1 fully saturated rings. The van der Waals surface area contributed by atoms with Gasteiger partial charge in [0.05, 0.1) is 4.75 Å². The lowest BCUT2D eigenvalue weighted by Gasteiger charge is -2.35. The molecular weight excluding hydrogens is 345 g/mol. The van der Waals surface area contributed by atoms with Gasteiger partial charge in [0.1, 0.15) is 5.82 Å². The highest BCUT2D eigenvalue weighted by Crippen LogP contribution is 2.28. The second kappa shape index (κ2) is 8.14. The van der Waals surface area contributed by atoms with E-state index in [4.69, 9.17) is 4.74 Å². The van der Waals surface area contributed by atoms with Gasteiger partial charge in [0, 0.05) is 39.6 Å². The second-order valence-electron chi connectivity index (χ2n) is 6.43. The zero-order chi connectivity index (χ0) is 18.5. The molecule has 2 N–H and O–H groups in total. The zero-order valence-corrected chi connectivity index (χ0v) is 15.7. The number of sulfone groups is 1. The van der Waals surface area contributed by atoms with Crippen molar-refractivity contribution in [1.82, 2.24) is 10.6 Å². The van der Waals surface area contributed by atoms with Crippen LogP contribution in [0.15, 0.2) is 23.2 Å². The maximum absolute atomic E-state index is 13.3. The van der Waals surface area contributed by atoms with Crippen LogP contribution >= 0.6 is 0 Å². The Kier molecular flexibility index (Phi) is 6.40. The quantitative estimate of drug-likeness (QED) is 0.604. The summed E-state index contributed by atoms with van der Waals surface area (Å²) in [6, 6.07) is 4.91. The number of hydrogen-bond donors (Lipinski definition) is 2. The molecule has 0 aliphatic carbocycles. The molecule has 0 bridgehead atoms. The van der Waals surface area contributed by atoms with Gasteiger partial charge in [0.25, 0.3) is 0 Å². The fourth-order valence-electron chi connectivity index (χ4n) is 2.89. The van der Waals surface area contributed by atoms with E-state index in [-0.39, 0.29) is 12.4 Å². The summed E-state index contributed by atoms with van der Waals surface area (Å²) >= 11 is 0. The van der Waals surface area contributed by atoms with Gasteiger partial charge in [-0.25, -0.2) is 12.8 Å². The average Bonchev–Trinajstić information content (AvgIpc) is 2.58. The van der Waals surface area contributed by atoms with E-state index in [0.717, 1.165) is 5.56 Å². The number of ether oxygens (including phenoxy) is 1. The predicted molar refractivity (Wildman–Crippen MR) is 97.0 cm³/mol. The van der Waals surface area contributed by atoms with Crippen LogP contribution in [0, 0.1) is 12.7 Å². The standard InChI is InChI=1S/C17H26FN3O3S/c1-13-10-14(4-5-15(13)18)11-20-16(19-2)21-12-17(25(3,22)23)6-8-24-9-7-17/h4-5,10H,6-9,11-12H2,1-3H3,(H2,19,20,21). The minimum absolute atomic E-state index is 0.235. The lowest BCUT2D eigenvalue weighted by atomic mass is 9.99. The third-order valence-corrected chi connectivity index (χ3v) is 6.80. The minimum atomic E-state index is -3.24. The molecule has 1 aromatic carbocycles. The second-order valence-corrected chi connectivity index (χ2v) is 8.84. The van der Waals surface area contributed by atoms with Crippen molar-refractivity contribution in [2.45, 2.75) is 31.1 Å². The molecule has 0 spiro atoms. The number of guanidine groups is 1. The summed E-state index contributed by atoms with van der Waals surface area (Å²) < 4.78 is 42.3. The van der Waals surface area contributed by atoms with Gasteiger partial charge in [0.15, 0.2) is 15.8 Å². The Labute approximate surface area is 148 Å². The van der Waals surface area contributed by atoms with Crippen LogP contribution in [0.4, 0.5) is 4.39 Å². The number of halogens is 1. The van der Waals surface area contributed by atoms with E-state index in [9.17, 15) is 12.8 Å². The van der Waals surface area contributed by atoms with E-state index >= 15 is 0 Å². The molecular formula is C17H26FN3O3S. The summed E-state index contributed by atoms with van der Waals surface area (Å²) in [5, 5.41) is 6.24. The molecule has 1 aromatic rings. The highest BCUT2D eigenvalue weighted by atomic mass is 32.2. The predicted octanol–water partition coefficient (Wildman–Crippen LogP) is 1.39. The summed E-state index contributed by atoms with van der Waals surface area (Å²) in [5.74, 6) is 0.275. The topological polar surface area (TPSA) is 79.8 Å². The van der Waals surface area contributed by atoms with Gasteiger partial charge >= 0.3 is 0 Å². The smallest absolute Gasteiger partial charge is 0.191 e. The first-order valence-corrected chi connectivity index (χ1v) is 10.1. The third kappa shape index (κ3) is 4.92. The number of nitrogens with zero attached hydrogens (tertiary/aromatic N) is 1. The van der Waals surface area contributed by atoms with Gasteiger partial charge in [-0.15, -0.1) is 0 Å². The Balaban J connectivity index is 1.98. The molecule has 0 aromatic heterocycles. The summed E-state index contributed by atoms with van der Waals surface area (Å²) in [4.78, 5) is 4.13. The van der Waals surface area contributed by atoms with Crippen molar-refractivity contribution in [2.75, 3.05) is 33.1 Å². The molecule has 25 heavy (non-hydrogen) atoms. The molecule has 8 heteroatoms. The Bertz CT molecular complexity index is 729. The third-order valence-electron chi connectivity index (χ3n) is 4.67. The molecule has 0 radical (unpaired) electrons. The van der Waals surface area contributed by atoms with Gasteiger partial charge in [-0.2, -0.15) is 0 Å². The molecule has 1 aliphatic heterocycles. The number of rotatable bonds is 5. The molecule has 0 atom stereocenters. The first kappa shape index (κ1) is 19.7. The first-order chi connectivity index (χ1) is 11.8. The number of nitrogens with one attached hydrogen (secondary N) is 2. The molecule has 140 valence electrons. The van der Waals surface area contributed by atoms with Crippen LogP contribution in [0.1, 0.15) is 24.0 Å². The number of aliphatic imine (C=N–C) groups is 1. The molecule has 0 amide bonds. The number of benzene rings is 1. The van der Waals surface area contributed by atoms with Gasteiger partial charge in [0.2, 0.25) is 0 Å². The Morgan fingerprint density at radius 3 is 2.56 bits per heavy atom. The Morgan fingerprint density at radius 2 is 2.00 bits per heavy atom. The van der Waals surface area contributed by atoms with Crippen LogP contribution in [0.3, 0.4) is 0 Å². The van der Waals surface area contributed by atoms with Gasteiger partial charge < -0.3 is 15.4 Å². The van der Waals surface area contributed by atoms with E-state index in [1.54, 1.807) is 26.1 Å². The highest BCUT2D eigenvalue weighted by molar-refractivity contribution is 7.92. The molecule has 0 saturated carbocycles. The van der Waals surface area contributed by atoms with Crippen molar-refractivity contribution in [2.24, 2.45) is 4.99 Å². The molecule has 0 unspecified atom stereocenters.